The van der Waals surface area contributed by atoms with Crippen LogP contribution < -0.4 is 10.6 Å². The first kappa shape index (κ1) is 42.0. The Hall–Kier alpha value is -4.78. The molecule has 7 heteroatoms. The number of hydrogen-bond donors (Lipinski definition) is 5. The molecule has 0 unspecified atom stereocenters. The zero-order valence-corrected chi connectivity index (χ0v) is 34.8. The summed E-state index contributed by atoms with van der Waals surface area (Å²) in [6.45, 7) is 26.8. The summed E-state index contributed by atoms with van der Waals surface area (Å²) in [5.41, 5.74) is 8.06. The van der Waals surface area contributed by atoms with Crippen molar-refractivity contribution in [2.75, 3.05) is 10.6 Å². The van der Waals surface area contributed by atoms with Crippen molar-refractivity contribution >= 4 is 23.2 Å². The second-order valence-electron chi connectivity index (χ2n) is 18.9. The summed E-state index contributed by atoms with van der Waals surface area (Å²) in [7, 11) is 0. The zero-order valence-electron chi connectivity index (χ0n) is 34.8. The van der Waals surface area contributed by atoms with Crippen LogP contribution in [0.1, 0.15) is 135 Å². The lowest BCUT2D eigenvalue weighted by Crippen LogP contribution is -2.18. The summed E-state index contributed by atoms with van der Waals surface area (Å²) in [5, 5.41) is 38.9. The standard InChI is InChI=1S/C47H62N2O5/c1-28-22-31(16-18-37(28)48-40(51)20-14-29-23-33(44(2,3)4)42(53)34(24-29)45(5,6)7)32-17-19-38(39(50)27-32)49-41(52)21-15-30-25-35(46(8,9)10)43(54)36(26-30)47(11,12)13/h16-19,22-27,50,53-54H,14-15,20-21H2,1-13H3,(H,48,51)(H,49,52). The lowest BCUT2D eigenvalue weighted by atomic mass is 9.78. The van der Waals surface area contributed by atoms with Gasteiger partial charge in [0.2, 0.25) is 11.8 Å². The summed E-state index contributed by atoms with van der Waals surface area (Å²) >= 11 is 0. The van der Waals surface area contributed by atoms with Gasteiger partial charge >= 0.3 is 0 Å². The summed E-state index contributed by atoms with van der Waals surface area (Å²) in [6, 6.07) is 18.9. The molecule has 0 aliphatic rings. The van der Waals surface area contributed by atoms with Crippen molar-refractivity contribution in [3.63, 3.8) is 0 Å². The van der Waals surface area contributed by atoms with Crippen LogP contribution >= 0.6 is 0 Å². The van der Waals surface area contributed by atoms with E-state index in [1.807, 2.05) is 55.5 Å². The lowest BCUT2D eigenvalue weighted by molar-refractivity contribution is -0.117. The van der Waals surface area contributed by atoms with E-state index in [1.165, 1.54) is 0 Å². The first-order chi connectivity index (χ1) is 24.8. The molecule has 0 fully saturated rings. The molecule has 0 saturated carbocycles. The molecule has 4 aromatic carbocycles. The number of hydrogen-bond acceptors (Lipinski definition) is 5. The second kappa shape index (κ2) is 15.5. The highest BCUT2D eigenvalue weighted by Crippen LogP contribution is 2.41. The smallest absolute Gasteiger partial charge is 0.224 e. The molecule has 2 amide bonds. The number of amides is 2. The minimum absolute atomic E-state index is 0.0379. The first-order valence-corrected chi connectivity index (χ1v) is 19.0. The van der Waals surface area contributed by atoms with Crippen molar-refractivity contribution in [3.05, 3.63) is 99.6 Å². The maximum atomic E-state index is 13.1. The van der Waals surface area contributed by atoms with E-state index in [-0.39, 0.29) is 45.6 Å². The summed E-state index contributed by atoms with van der Waals surface area (Å²) < 4.78 is 0. The molecular weight excluding hydrogens is 673 g/mol. The van der Waals surface area contributed by atoms with E-state index in [4.69, 9.17) is 0 Å². The maximum absolute atomic E-state index is 13.1. The highest BCUT2D eigenvalue weighted by atomic mass is 16.3. The van der Waals surface area contributed by atoms with Crippen molar-refractivity contribution in [3.8, 4) is 28.4 Å². The van der Waals surface area contributed by atoms with Crippen molar-refractivity contribution in [2.45, 2.75) is 137 Å². The number of anilines is 2. The van der Waals surface area contributed by atoms with E-state index in [1.54, 1.807) is 12.1 Å². The Morgan fingerprint density at radius 3 is 1.17 bits per heavy atom. The molecule has 5 N–H and O–H groups in total. The zero-order chi connectivity index (χ0) is 40.6. The third-order valence-electron chi connectivity index (χ3n) is 9.96. The quantitative estimate of drug-likeness (QED) is 0.110. The van der Waals surface area contributed by atoms with E-state index in [2.05, 4.69) is 93.7 Å². The molecule has 0 aromatic heterocycles. The Morgan fingerprint density at radius 2 is 0.833 bits per heavy atom. The van der Waals surface area contributed by atoms with Gasteiger partial charge in [-0.1, -0.05) is 119 Å². The van der Waals surface area contributed by atoms with Gasteiger partial charge in [0.1, 0.15) is 17.2 Å². The summed E-state index contributed by atoms with van der Waals surface area (Å²) in [4.78, 5) is 26.1. The monoisotopic (exact) mass is 734 g/mol. The molecule has 0 heterocycles. The van der Waals surface area contributed by atoms with Crippen molar-refractivity contribution in [1.29, 1.82) is 0 Å². The Balaban J connectivity index is 1.40. The highest BCUT2D eigenvalue weighted by molar-refractivity contribution is 5.93. The Labute approximate surface area is 323 Å². The van der Waals surface area contributed by atoms with Gasteiger partial charge in [0.15, 0.2) is 0 Å². The average Bonchev–Trinajstić information content (AvgIpc) is 3.03. The molecule has 290 valence electrons. The summed E-state index contributed by atoms with van der Waals surface area (Å²) in [6.07, 6.45) is 1.55. The molecule has 4 rings (SSSR count). The van der Waals surface area contributed by atoms with Gasteiger partial charge in [-0.2, -0.15) is 0 Å². The largest absolute Gasteiger partial charge is 0.507 e. The molecule has 0 radical (unpaired) electrons. The SMILES string of the molecule is Cc1cc(-c2ccc(NC(=O)CCc3cc(C(C)(C)C)c(O)c(C(C)(C)C)c3)c(O)c2)ccc1NC(=O)CCc1cc(C(C)(C)C)c(O)c(C(C)(C)C)c1. The second-order valence-corrected chi connectivity index (χ2v) is 18.9. The van der Waals surface area contributed by atoms with Crippen LogP contribution in [0.5, 0.6) is 17.2 Å². The highest BCUT2D eigenvalue weighted by Gasteiger charge is 2.28. The molecule has 0 saturated heterocycles. The topological polar surface area (TPSA) is 119 Å². The third kappa shape index (κ3) is 10.2. The van der Waals surface area contributed by atoms with Crippen LogP contribution in [0.2, 0.25) is 0 Å². The molecular formula is C47H62N2O5. The molecule has 0 aliphatic heterocycles. The van der Waals surface area contributed by atoms with Crippen molar-refractivity contribution in [2.24, 2.45) is 0 Å². The van der Waals surface area contributed by atoms with Crippen LogP contribution in [0.15, 0.2) is 60.7 Å². The van der Waals surface area contributed by atoms with Crippen LogP contribution in [0, 0.1) is 6.92 Å². The van der Waals surface area contributed by atoms with E-state index in [0.717, 1.165) is 50.1 Å². The fourth-order valence-electron chi connectivity index (χ4n) is 6.71. The first-order valence-electron chi connectivity index (χ1n) is 19.0. The van der Waals surface area contributed by atoms with Crippen LogP contribution in [0.3, 0.4) is 0 Å². The molecule has 0 spiro atoms. The van der Waals surface area contributed by atoms with E-state index in [0.29, 0.717) is 42.1 Å². The van der Waals surface area contributed by atoms with Crippen LogP contribution in [0.25, 0.3) is 11.1 Å². The fourth-order valence-corrected chi connectivity index (χ4v) is 6.71. The number of benzene rings is 4. The van der Waals surface area contributed by atoms with E-state index in [9.17, 15) is 24.9 Å². The van der Waals surface area contributed by atoms with Gasteiger partial charge in [0, 0.05) is 18.5 Å². The minimum Gasteiger partial charge on any atom is -0.507 e. The minimum atomic E-state index is -0.258. The maximum Gasteiger partial charge on any atom is 0.224 e. The van der Waals surface area contributed by atoms with Gasteiger partial charge in [0.25, 0.3) is 0 Å². The number of aromatic hydroxyl groups is 3. The van der Waals surface area contributed by atoms with E-state index >= 15 is 0 Å². The molecule has 4 aromatic rings. The van der Waals surface area contributed by atoms with Crippen molar-refractivity contribution in [1.82, 2.24) is 0 Å². The van der Waals surface area contributed by atoms with Crippen LogP contribution in [-0.2, 0) is 44.1 Å². The molecule has 54 heavy (non-hydrogen) atoms. The Morgan fingerprint density at radius 1 is 0.500 bits per heavy atom. The summed E-state index contributed by atoms with van der Waals surface area (Å²) in [5.74, 6) is 0.295. The number of aryl methyl sites for hydroxylation is 3. The van der Waals surface area contributed by atoms with Gasteiger partial charge in [0.05, 0.1) is 5.69 Å². The van der Waals surface area contributed by atoms with Gasteiger partial charge in [-0.25, -0.2) is 0 Å². The van der Waals surface area contributed by atoms with Crippen molar-refractivity contribution < 1.29 is 24.9 Å². The number of rotatable bonds is 9. The van der Waals surface area contributed by atoms with Crippen LogP contribution in [-0.4, -0.2) is 27.1 Å². The predicted octanol–water partition coefficient (Wildman–Crippen LogP) is 11.1. The lowest BCUT2D eigenvalue weighted by Gasteiger charge is -2.28. The molecule has 0 bridgehead atoms. The number of nitrogens with one attached hydrogen (secondary N) is 2. The molecule has 0 aliphatic carbocycles. The van der Waals surface area contributed by atoms with Crippen LogP contribution in [0.4, 0.5) is 11.4 Å². The van der Waals surface area contributed by atoms with Gasteiger partial charge in [-0.15, -0.1) is 0 Å². The predicted molar refractivity (Wildman–Crippen MR) is 223 cm³/mol. The molecule has 0 atom stereocenters. The molecule has 7 nitrogen and oxygen atoms in total. The van der Waals surface area contributed by atoms with Gasteiger partial charge in [-0.05, 0) is 116 Å². The number of phenolic OH excluding ortho intramolecular Hbond substituents is 3. The van der Waals surface area contributed by atoms with E-state index < -0.39 is 0 Å². The number of carbonyl (C=O) groups is 2. The number of carbonyl (C=O) groups excluding carboxylic acids is 2. The van der Waals surface area contributed by atoms with Gasteiger partial charge < -0.3 is 26.0 Å². The Bertz CT molecular complexity index is 1810. The average molecular weight is 735 g/mol. The normalized spacial score (nSPS) is 12.5. The number of phenols is 3. The van der Waals surface area contributed by atoms with Gasteiger partial charge in [-0.3, -0.25) is 9.59 Å². The Kier molecular flexibility index (Phi) is 12.1. The third-order valence-corrected chi connectivity index (χ3v) is 9.96. The fraction of sp³-hybridized carbons (Fsp3) is 0.447.